The van der Waals surface area contributed by atoms with Crippen LogP contribution in [0, 0.1) is 40.2 Å². The van der Waals surface area contributed by atoms with Crippen LogP contribution < -0.4 is 0 Å². The number of benzene rings is 1. The van der Waals surface area contributed by atoms with E-state index < -0.39 is 4.92 Å². The third-order valence-electron chi connectivity index (χ3n) is 1.81. The number of para-hydroxylation sites is 1. The Morgan fingerprint density at radius 1 is 1.53 bits per heavy atom. The molecule has 0 unspecified atom stereocenters. The van der Waals surface area contributed by atoms with Crippen LogP contribution in [-0.4, -0.2) is 4.92 Å². The van der Waals surface area contributed by atoms with Gasteiger partial charge in [-0.2, -0.15) is 5.26 Å². The predicted octanol–water partition coefficient (Wildman–Crippen LogP) is 2.17. The van der Waals surface area contributed by atoms with E-state index in [9.17, 15) is 10.1 Å². The lowest BCUT2D eigenvalue weighted by Crippen LogP contribution is -1.94. The van der Waals surface area contributed by atoms with Crippen molar-refractivity contribution in [2.24, 2.45) is 0 Å². The molecular weight excluding hydrogens is 192 g/mol. The average molecular weight is 200 g/mol. The first kappa shape index (κ1) is 10.7. The number of hydrogen-bond donors (Lipinski definition) is 0. The summed E-state index contributed by atoms with van der Waals surface area (Å²) in [6, 6.07) is 6.80. The molecule has 0 N–H and O–H groups in total. The van der Waals surface area contributed by atoms with Crippen molar-refractivity contribution in [3.63, 3.8) is 0 Å². The average Bonchev–Trinajstić information content (AvgIpc) is 2.17. The SMILES string of the molecule is Cc1cccc(C#CCC#N)c1[N+](=O)[O-]. The zero-order valence-corrected chi connectivity index (χ0v) is 8.15. The van der Waals surface area contributed by atoms with Crippen molar-refractivity contribution in [1.29, 1.82) is 5.26 Å². The fourth-order valence-electron chi connectivity index (χ4n) is 1.18. The van der Waals surface area contributed by atoms with Gasteiger partial charge in [-0.25, -0.2) is 0 Å². The summed E-state index contributed by atoms with van der Waals surface area (Å²) in [7, 11) is 0. The van der Waals surface area contributed by atoms with E-state index in [1.165, 1.54) is 0 Å². The highest BCUT2D eigenvalue weighted by atomic mass is 16.6. The monoisotopic (exact) mass is 200 g/mol. The Morgan fingerprint density at radius 2 is 2.27 bits per heavy atom. The molecule has 4 heteroatoms. The van der Waals surface area contributed by atoms with Crippen LogP contribution in [-0.2, 0) is 0 Å². The summed E-state index contributed by atoms with van der Waals surface area (Å²) in [6.45, 7) is 1.66. The molecule has 0 saturated heterocycles. The van der Waals surface area contributed by atoms with Crippen molar-refractivity contribution in [3.05, 3.63) is 39.4 Å². The van der Waals surface area contributed by atoms with Gasteiger partial charge in [0, 0.05) is 5.56 Å². The summed E-state index contributed by atoms with van der Waals surface area (Å²) in [6.07, 6.45) is 0.0745. The topological polar surface area (TPSA) is 66.9 Å². The maximum absolute atomic E-state index is 10.7. The highest BCUT2D eigenvalue weighted by Crippen LogP contribution is 2.21. The first-order valence-corrected chi connectivity index (χ1v) is 4.26. The summed E-state index contributed by atoms with van der Waals surface area (Å²) >= 11 is 0. The molecule has 4 nitrogen and oxygen atoms in total. The molecule has 0 atom stereocenters. The minimum Gasteiger partial charge on any atom is -0.258 e. The molecule has 0 bridgehead atoms. The largest absolute Gasteiger partial charge is 0.287 e. The van der Waals surface area contributed by atoms with Crippen molar-refractivity contribution in [3.8, 4) is 17.9 Å². The van der Waals surface area contributed by atoms with Crippen LogP contribution in [0.5, 0.6) is 0 Å². The third kappa shape index (κ3) is 2.55. The molecule has 0 spiro atoms. The van der Waals surface area contributed by atoms with E-state index in [0.29, 0.717) is 11.1 Å². The molecule has 0 amide bonds. The maximum Gasteiger partial charge on any atom is 0.287 e. The van der Waals surface area contributed by atoms with E-state index >= 15 is 0 Å². The molecular formula is C11H8N2O2. The van der Waals surface area contributed by atoms with Crippen LogP contribution in [0.1, 0.15) is 17.5 Å². The number of nitro benzene ring substituents is 1. The highest BCUT2D eigenvalue weighted by molar-refractivity contribution is 5.55. The fourth-order valence-corrected chi connectivity index (χ4v) is 1.18. The molecule has 0 fully saturated rings. The lowest BCUT2D eigenvalue weighted by atomic mass is 10.1. The normalized spacial score (nSPS) is 8.53. The van der Waals surface area contributed by atoms with Gasteiger partial charge in [0.25, 0.3) is 5.69 Å². The van der Waals surface area contributed by atoms with Crippen molar-refractivity contribution < 1.29 is 4.92 Å². The molecule has 15 heavy (non-hydrogen) atoms. The van der Waals surface area contributed by atoms with Crippen molar-refractivity contribution in [1.82, 2.24) is 0 Å². The zero-order valence-electron chi connectivity index (χ0n) is 8.15. The second-order valence-corrected chi connectivity index (χ2v) is 2.86. The Bertz CT molecular complexity index is 490. The van der Waals surface area contributed by atoms with Gasteiger partial charge in [-0.3, -0.25) is 10.1 Å². The van der Waals surface area contributed by atoms with Gasteiger partial charge in [0.1, 0.15) is 5.56 Å². The number of nitriles is 1. The van der Waals surface area contributed by atoms with Crippen LogP contribution in [0.15, 0.2) is 18.2 Å². The van der Waals surface area contributed by atoms with E-state index in [4.69, 9.17) is 5.26 Å². The predicted molar refractivity (Wildman–Crippen MR) is 54.9 cm³/mol. The van der Waals surface area contributed by atoms with Crippen LogP contribution in [0.25, 0.3) is 0 Å². The van der Waals surface area contributed by atoms with Crippen LogP contribution in [0.2, 0.25) is 0 Å². The minimum absolute atomic E-state index is 0.0166. The zero-order chi connectivity index (χ0) is 11.3. The highest BCUT2D eigenvalue weighted by Gasteiger charge is 2.14. The quantitative estimate of drug-likeness (QED) is 0.396. The standard InChI is InChI=1S/C11H8N2O2/c1-9-5-4-7-10(6-2-3-8-12)11(9)13(14)15/h4-5,7H,3H2,1H3. The maximum atomic E-state index is 10.7. The molecule has 1 rings (SSSR count). The molecule has 0 saturated carbocycles. The minimum atomic E-state index is -0.453. The molecule has 0 aliphatic carbocycles. The summed E-state index contributed by atoms with van der Waals surface area (Å²) < 4.78 is 0. The van der Waals surface area contributed by atoms with Gasteiger partial charge >= 0.3 is 0 Å². The van der Waals surface area contributed by atoms with E-state index in [1.54, 1.807) is 25.1 Å². The number of hydrogen-bond acceptors (Lipinski definition) is 3. The first-order valence-electron chi connectivity index (χ1n) is 4.26. The van der Waals surface area contributed by atoms with Gasteiger partial charge in [0.15, 0.2) is 0 Å². The van der Waals surface area contributed by atoms with Crippen LogP contribution in [0.3, 0.4) is 0 Å². The van der Waals surface area contributed by atoms with Crippen molar-refractivity contribution >= 4 is 5.69 Å². The third-order valence-corrected chi connectivity index (χ3v) is 1.81. The van der Waals surface area contributed by atoms with Gasteiger partial charge in [0.2, 0.25) is 0 Å². The fraction of sp³-hybridized carbons (Fsp3) is 0.182. The number of nitrogens with zero attached hydrogens (tertiary/aromatic N) is 2. The van der Waals surface area contributed by atoms with Gasteiger partial charge in [-0.05, 0) is 13.0 Å². The Labute approximate surface area is 87.3 Å². The molecule has 0 heterocycles. The molecule has 0 aliphatic rings. The van der Waals surface area contributed by atoms with Gasteiger partial charge in [0.05, 0.1) is 17.4 Å². The van der Waals surface area contributed by atoms with Gasteiger partial charge < -0.3 is 0 Å². The van der Waals surface area contributed by atoms with Crippen molar-refractivity contribution in [2.45, 2.75) is 13.3 Å². The van der Waals surface area contributed by atoms with E-state index in [2.05, 4.69) is 11.8 Å². The van der Waals surface area contributed by atoms with Crippen LogP contribution in [0.4, 0.5) is 5.69 Å². The van der Waals surface area contributed by atoms with Crippen molar-refractivity contribution in [2.75, 3.05) is 0 Å². The smallest absolute Gasteiger partial charge is 0.258 e. The summed E-state index contributed by atoms with van der Waals surface area (Å²) in [5, 5.41) is 19.0. The first-order chi connectivity index (χ1) is 7.16. The van der Waals surface area contributed by atoms with E-state index in [0.717, 1.165) is 0 Å². The summed E-state index contributed by atoms with van der Waals surface area (Å²) in [5.41, 5.74) is 0.946. The second kappa shape index (κ2) is 4.78. The van der Waals surface area contributed by atoms with E-state index in [-0.39, 0.29) is 12.1 Å². The molecule has 74 valence electrons. The lowest BCUT2D eigenvalue weighted by Gasteiger charge is -1.98. The molecule has 0 aromatic heterocycles. The number of nitro groups is 1. The number of rotatable bonds is 1. The van der Waals surface area contributed by atoms with Crippen LogP contribution >= 0.6 is 0 Å². The number of aryl methyl sites for hydroxylation is 1. The molecule has 1 aromatic carbocycles. The Morgan fingerprint density at radius 3 is 2.87 bits per heavy atom. The summed E-state index contributed by atoms with van der Waals surface area (Å²) in [5.74, 6) is 5.18. The Hall–Kier alpha value is -2.33. The molecule has 0 aliphatic heterocycles. The van der Waals surface area contributed by atoms with Gasteiger partial charge in [-0.1, -0.05) is 24.0 Å². The van der Waals surface area contributed by atoms with Gasteiger partial charge in [-0.15, -0.1) is 0 Å². The summed E-state index contributed by atoms with van der Waals surface area (Å²) in [4.78, 5) is 10.3. The Balaban J connectivity index is 3.21. The molecule has 0 radical (unpaired) electrons. The Kier molecular flexibility index (Phi) is 3.43. The van der Waals surface area contributed by atoms with E-state index in [1.807, 2.05) is 6.07 Å². The second-order valence-electron chi connectivity index (χ2n) is 2.86. The lowest BCUT2D eigenvalue weighted by molar-refractivity contribution is -0.385. The molecule has 1 aromatic rings.